The number of hydrogen-bond donors (Lipinski definition) is 2. The number of pyridine rings is 1. The van der Waals surface area contributed by atoms with Gasteiger partial charge in [0.25, 0.3) is 0 Å². The zero-order valence-electron chi connectivity index (χ0n) is 18.0. The lowest BCUT2D eigenvalue weighted by molar-refractivity contribution is 0.0198. The highest BCUT2D eigenvalue weighted by atomic mass is 16.6. The minimum absolute atomic E-state index is 0.0289. The van der Waals surface area contributed by atoms with E-state index in [4.69, 9.17) is 9.47 Å². The molecule has 31 heavy (non-hydrogen) atoms. The number of ether oxygens (including phenoxy) is 2. The Balaban J connectivity index is 1.70. The Morgan fingerprint density at radius 3 is 2.84 bits per heavy atom. The molecule has 0 saturated carbocycles. The van der Waals surface area contributed by atoms with Crippen LogP contribution in [0.1, 0.15) is 50.7 Å². The molecule has 4 rings (SSSR count). The molecule has 2 aliphatic rings. The van der Waals surface area contributed by atoms with Gasteiger partial charge in [0.1, 0.15) is 23.8 Å². The molecule has 8 heteroatoms. The second kappa shape index (κ2) is 8.09. The molecular weight excluding hydrogens is 398 g/mol. The zero-order chi connectivity index (χ0) is 22.2. The Morgan fingerprint density at radius 1 is 1.32 bits per heavy atom. The fourth-order valence-electron chi connectivity index (χ4n) is 4.03. The molecule has 1 aromatic heterocycles. The van der Waals surface area contributed by atoms with Crippen molar-refractivity contribution in [2.45, 2.75) is 51.7 Å². The predicted molar refractivity (Wildman–Crippen MR) is 115 cm³/mol. The van der Waals surface area contributed by atoms with Crippen LogP contribution in [0.15, 0.2) is 30.3 Å². The van der Waals surface area contributed by atoms with Gasteiger partial charge in [-0.3, -0.25) is 5.32 Å². The lowest BCUT2D eigenvalue weighted by Gasteiger charge is -2.35. The third-order valence-electron chi connectivity index (χ3n) is 5.42. The van der Waals surface area contributed by atoms with Crippen molar-refractivity contribution in [2.75, 3.05) is 18.4 Å². The first kappa shape index (κ1) is 21.0. The Kier molecular flexibility index (Phi) is 5.47. The van der Waals surface area contributed by atoms with Crippen LogP contribution in [0.2, 0.25) is 0 Å². The van der Waals surface area contributed by atoms with Gasteiger partial charge in [0.2, 0.25) is 0 Å². The topological polar surface area (TPSA) is 101 Å². The molecule has 1 aromatic carbocycles. The van der Waals surface area contributed by atoms with Crippen LogP contribution in [0.3, 0.4) is 0 Å². The van der Waals surface area contributed by atoms with E-state index < -0.39 is 11.7 Å². The van der Waals surface area contributed by atoms with Crippen molar-refractivity contribution in [3.05, 3.63) is 41.5 Å². The summed E-state index contributed by atoms with van der Waals surface area (Å²) in [6.07, 6.45) is 0.828. The number of hydrogen-bond acceptors (Lipinski definition) is 6. The van der Waals surface area contributed by atoms with Crippen LogP contribution in [-0.2, 0) is 16.1 Å². The maximum Gasteiger partial charge on any atom is 0.413 e. The van der Waals surface area contributed by atoms with E-state index >= 15 is 0 Å². The quantitative estimate of drug-likeness (QED) is 0.727. The van der Waals surface area contributed by atoms with E-state index in [-0.39, 0.29) is 24.4 Å². The normalized spacial score (nSPS) is 18.6. The number of likely N-dealkylation sites (tertiary alicyclic amines) is 1. The fourth-order valence-corrected chi connectivity index (χ4v) is 4.03. The van der Waals surface area contributed by atoms with E-state index in [0.717, 1.165) is 24.0 Å². The minimum atomic E-state index is -0.560. The molecule has 3 heterocycles. The number of nitrogens with one attached hydrogen (secondary N) is 1. The van der Waals surface area contributed by atoms with Crippen molar-refractivity contribution in [2.24, 2.45) is 0 Å². The van der Waals surface area contributed by atoms with Crippen molar-refractivity contribution >= 4 is 18.0 Å². The van der Waals surface area contributed by atoms with E-state index in [1.807, 2.05) is 32.9 Å². The van der Waals surface area contributed by atoms with Crippen molar-refractivity contribution in [1.29, 1.82) is 0 Å². The summed E-state index contributed by atoms with van der Waals surface area (Å²) in [6.45, 7) is 6.81. The molecule has 1 unspecified atom stereocenters. The van der Waals surface area contributed by atoms with Gasteiger partial charge in [-0.15, -0.1) is 0 Å². The fraction of sp³-hybridized carbons (Fsp3) is 0.435. The van der Waals surface area contributed by atoms with Gasteiger partial charge in [-0.1, -0.05) is 12.1 Å². The molecular formula is C23H27N3O5. The summed E-state index contributed by atoms with van der Waals surface area (Å²) in [5.74, 6) is 0.570. The maximum atomic E-state index is 12.6. The highest BCUT2D eigenvalue weighted by molar-refractivity contribution is 5.87. The van der Waals surface area contributed by atoms with Crippen LogP contribution in [0, 0.1) is 0 Å². The molecule has 0 spiro atoms. The Hall–Kier alpha value is -3.29. The first-order valence-electron chi connectivity index (χ1n) is 10.4. The number of fused-ring (bicyclic) bond motifs is 1. The second-order valence-corrected chi connectivity index (χ2v) is 8.91. The monoisotopic (exact) mass is 425 g/mol. The SMILES string of the molecule is CC(C)(C)OC(=O)N1CCCC(c2cc(-c3ccccc3O)nc3c2COC(=O)N3)C1. The molecule has 0 radical (unpaired) electrons. The first-order chi connectivity index (χ1) is 14.7. The molecule has 0 bridgehead atoms. The smallest absolute Gasteiger partial charge is 0.413 e. The lowest BCUT2D eigenvalue weighted by Crippen LogP contribution is -2.42. The number of amides is 2. The molecule has 2 amide bonds. The van der Waals surface area contributed by atoms with Gasteiger partial charge in [-0.2, -0.15) is 0 Å². The molecule has 1 atom stereocenters. The van der Waals surface area contributed by atoms with Crippen molar-refractivity contribution in [1.82, 2.24) is 9.88 Å². The average molecular weight is 425 g/mol. The van der Waals surface area contributed by atoms with E-state index in [9.17, 15) is 14.7 Å². The van der Waals surface area contributed by atoms with Gasteiger partial charge in [-0.25, -0.2) is 14.6 Å². The van der Waals surface area contributed by atoms with E-state index in [1.54, 1.807) is 23.1 Å². The summed E-state index contributed by atoms with van der Waals surface area (Å²) in [5, 5.41) is 13.0. The summed E-state index contributed by atoms with van der Waals surface area (Å²) >= 11 is 0. The van der Waals surface area contributed by atoms with Gasteiger partial charge >= 0.3 is 12.2 Å². The number of cyclic esters (lactones) is 1. The number of aromatic hydroxyl groups is 1. The number of anilines is 1. The third-order valence-corrected chi connectivity index (χ3v) is 5.42. The first-order valence-corrected chi connectivity index (χ1v) is 10.4. The third kappa shape index (κ3) is 4.57. The zero-order valence-corrected chi connectivity index (χ0v) is 18.0. The van der Waals surface area contributed by atoms with Crippen LogP contribution < -0.4 is 5.32 Å². The molecule has 164 valence electrons. The highest BCUT2D eigenvalue weighted by Crippen LogP contribution is 2.38. The van der Waals surface area contributed by atoms with Crippen LogP contribution in [0.5, 0.6) is 5.75 Å². The standard InChI is InChI=1S/C23H27N3O5/c1-23(2,3)31-22(29)26-10-6-7-14(12-26)16-11-18(15-8-4-5-9-19(15)27)24-20-17(16)13-30-21(28)25-20/h4-5,8-9,11,14,27H,6-7,10,12-13H2,1-3H3,(H,24,25,28). The van der Waals surface area contributed by atoms with Gasteiger partial charge in [-0.05, 0) is 57.4 Å². The number of carbonyl (C=O) groups is 2. The van der Waals surface area contributed by atoms with Crippen LogP contribution in [-0.4, -0.2) is 45.9 Å². The molecule has 2 N–H and O–H groups in total. The van der Waals surface area contributed by atoms with Gasteiger partial charge < -0.3 is 19.5 Å². The number of phenols is 1. The van der Waals surface area contributed by atoms with Crippen molar-refractivity contribution in [3.63, 3.8) is 0 Å². The van der Waals surface area contributed by atoms with E-state index in [1.165, 1.54) is 0 Å². The number of carbonyl (C=O) groups excluding carboxylic acids is 2. The summed E-state index contributed by atoms with van der Waals surface area (Å²) in [6, 6.07) is 8.87. The van der Waals surface area contributed by atoms with E-state index in [2.05, 4.69) is 10.3 Å². The van der Waals surface area contributed by atoms with Crippen LogP contribution in [0.4, 0.5) is 15.4 Å². The predicted octanol–water partition coefficient (Wildman–Crippen LogP) is 4.63. The molecule has 2 aliphatic heterocycles. The Bertz CT molecular complexity index is 1010. The number of para-hydroxylation sites is 1. The number of benzene rings is 1. The second-order valence-electron chi connectivity index (χ2n) is 8.91. The molecule has 1 saturated heterocycles. The Morgan fingerprint density at radius 2 is 2.10 bits per heavy atom. The summed E-state index contributed by atoms with van der Waals surface area (Å²) in [5.41, 5.74) is 2.33. The average Bonchev–Trinajstić information content (AvgIpc) is 2.72. The van der Waals surface area contributed by atoms with Crippen LogP contribution >= 0.6 is 0 Å². The van der Waals surface area contributed by atoms with E-state index in [0.29, 0.717) is 30.2 Å². The van der Waals surface area contributed by atoms with Gasteiger partial charge in [0.15, 0.2) is 0 Å². The molecule has 8 nitrogen and oxygen atoms in total. The number of nitrogens with zero attached hydrogens (tertiary/aromatic N) is 2. The number of piperidine rings is 1. The lowest BCUT2D eigenvalue weighted by atomic mass is 9.87. The highest BCUT2D eigenvalue weighted by Gasteiger charge is 2.32. The van der Waals surface area contributed by atoms with Gasteiger partial charge in [0.05, 0.1) is 5.69 Å². The summed E-state index contributed by atoms with van der Waals surface area (Å²) in [7, 11) is 0. The van der Waals surface area contributed by atoms with Crippen molar-refractivity contribution < 1.29 is 24.2 Å². The number of rotatable bonds is 2. The summed E-state index contributed by atoms with van der Waals surface area (Å²) in [4.78, 5) is 30.7. The maximum absolute atomic E-state index is 12.6. The molecule has 1 fully saturated rings. The number of phenolic OH excluding ortho intramolecular Hbond substituents is 1. The largest absolute Gasteiger partial charge is 0.507 e. The summed E-state index contributed by atoms with van der Waals surface area (Å²) < 4.78 is 10.8. The van der Waals surface area contributed by atoms with Crippen LogP contribution in [0.25, 0.3) is 11.3 Å². The molecule has 2 aromatic rings. The number of aromatic nitrogens is 1. The van der Waals surface area contributed by atoms with Gasteiger partial charge in [0, 0.05) is 30.1 Å². The Labute approximate surface area is 181 Å². The van der Waals surface area contributed by atoms with Crippen molar-refractivity contribution in [3.8, 4) is 17.0 Å². The molecule has 0 aliphatic carbocycles. The minimum Gasteiger partial charge on any atom is -0.507 e.